The Hall–Kier alpha value is -2.43. The second-order valence-corrected chi connectivity index (χ2v) is 8.42. The van der Waals surface area contributed by atoms with Gasteiger partial charge in [0.2, 0.25) is 0 Å². The van der Waals surface area contributed by atoms with Crippen molar-refractivity contribution in [3.05, 3.63) is 41.1 Å². The summed E-state index contributed by atoms with van der Waals surface area (Å²) in [6.07, 6.45) is 2.09. The molecule has 1 heterocycles. The van der Waals surface area contributed by atoms with Crippen molar-refractivity contribution in [2.24, 2.45) is 16.3 Å². The summed E-state index contributed by atoms with van der Waals surface area (Å²) in [6, 6.07) is 7.67. The number of fused-ring (bicyclic) bond motifs is 1. The molecule has 1 fully saturated rings. The average molecular weight is 383 g/mol. The molecule has 5 heteroatoms. The van der Waals surface area contributed by atoms with E-state index in [1.807, 2.05) is 38.1 Å². The van der Waals surface area contributed by atoms with Gasteiger partial charge < -0.3 is 9.47 Å². The number of benzene rings is 1. The van der Waals surface area contributed by atoms with Crippen LogP contribution < -0.4 is 4.74 Å². The summed E-state index contributed by atoms with van der Waals surface area (Å²) in [4.78, 5) is 30.6. The first kappa shape index (κ1) is 20.3. The Bertz CT molecular complexity index is 850. The van der Waals surface area contributed by atoms with Crippen LogP contribution in [0, 0.1) is 11.3 Å². The molecule has 2 aliphatic rings. The Morgan fingerprint density at radius 3 is 2.61 bits per heavy atom. The van der Waals surface area contributed by atoms with Gasteiger partial charge in [-0.3, -0.25) is 9.79 Å². The van der Waals surface area contributed by atoms with Crippen LogP contribution in [-0.4, -0.2) is 31.2 Å². The molecule has 0 amide bonds. The van der Waals surface area contributed by atoms with E-state index in [0.29, 0.717) is 30.0 Å². The molecule has 2 atom stereocenters. The minimum atomic E-state index is -0.447. The Balaban J connectivity index is 2.18. The molecule has 1 aliphatic heterocycles. The molecular weight excluding hydrogens is 354 g/mol. The van der Waals surface area contributed by atoms with Crippen LogP contribution in [0.4, 0.5) is 0 Å². The Labute approximate surface area is 166 Å². The van der Waals surface area contributed by atoms with Crippen molar-refractivity contribution in [3.8, 4) is 5.75 Å². The van der Waals surface area contributed by atoms with Crippen molar-refractivity contribution < 1.29 is 19.1 Å². The Morgan fingerprint density at radius 2 is 1.93 bits per heavy atom. The Morgan fingerprint density at radius 1 is 1.21 bits per heavy atom. The van der Waals surface area contributed by atoms with Crippen LogP contribution in [0.25, 0.3) is 0 Å². The van der Waals surface area contributed by atoms with Crippen LogP contribution in [-0.2, 0) is 14.3 Å². The summed E-state index contributed by atoms with van der Waals surface area (Å²) in [7, 11) is 1.37. The zero-order valence-electron chi connectivity index (χ0n) is 17.4. The molecule has 0 radical (unpaired) electrons. The number of allylic oxidation sites excluding steroid dienone is 1. The van der Waals surface area contributed by atoms with E-state index in [2.05, 4.69) is 13.8 Å². The quantitative estimate of drug-likeness (QED) is 0.704. The van der Waals surface area contributed by atoms with Crippen LogP contribution in [0.2, 0.25) is 0 Å². The summed E-state index contributed by atoms with van der Waals surface area (Å²) >= 11 is 0. The van der Waals surface area contributed by atoms with E-state index < -0.39 is 17.8 Å². The van der Waals surface area contributed by atoms with Gasteiger partial charge in [-0.1, -0.05) is 39.0 Å². The van der Waals surface area contributed by atoms with Crippen molar-refractivity contribution in [2.75, 3.05) is 13.7 Å². The number of carbonyl (C=O) groups excluding carboxylic acids is 2. The topological polar surface area (TPSA) is 65.0 Å². The first-order valence-corrected chi connectivity index (χ1v) is 9.90. The highest BCUT2D eigenvalue weighted by atomic mass is 16.5. The van der Waals surface area contributed by atoms with Gasteiger partial charge in [-0.2, -0.15) is 0 Å². The molecule has 0 N–H and O–H groups in total. The molecule has 0 spiro atoms. The van der Waals surface area contributed by atoms with Crippen LogP contribution in [0.1, 0.15) is 58.4 Å². The number of ether oxygens (including phenoxy) is 2. The zero-order chi connectivity index (χ0) is 20.5. The summed E-state index contributed by atoms with van der Waals surface area (Å²) in [5.74, 6) is -0.483. The van der Waals surface area contributed by atoms with E-state index in [4.69, 9.17) is 14.5 Å². The number of methoxy groups -OCH3 is 1. The molecule has 28 heavy (non-hydrogen) atoms. The normalized spacial score (nSPS) is 23.8. The largest absolute Gasteiger partial charge is 0.493 e. The van der Waals surface area contributed by atoms with Gasteiger partial charge in [0, 0.05) is 29.3 Å². The van der Waals surface area contributed by atoms with Gasteiger partial charge in [0.25, 0.3) is 0 Å². The number of para-hydroxylation sites is 1. The van der Waals surface area contributed by atoms with E-state index in [-0.39, 0.29) is 11.2 Å². The van der Waals surface area contributed by atoms with Crippen molar-refractivity contribution in [1.29, 1.82) is 0 Å². The molecule has 1 aromatic rings. The lowest BCUT2D eigenvalue weighted by molar-refractivity contribution is -0.136. The lowest BCUT2D eigenvalue weighted by atomic mass is 9.63. The fourth-order valence-corrected chi connectivity index (χ4v) is 4.39. The third-order valence-corrected chi connectivity index (χ3v) is 5.48. The van der Waals surface area contributed by atoms with E-state index in [0.717, 1.165) is 24.1 Å². The predicted octanol–water partition coefficient (Wildman–Crippen LogP) is 4.47. The molecule has 1 aromatic carbocycles. The molecular formula is C23H29NO4. The fourth-order valence-electron chi connectivity index (χ4n) is 4.39. The minimum Gasteiger partial charge on any atom is -0.493 e. The van der Waals surface area contributed by atoms with Crippen LogP contribution in [0.3, 0.4) is 0 Å². The molecule has 3 rings (SSSR count). The molecule has 150 valence electrons. The van der Waals surface area contributed by atoms with Crippen LogP contribution >= 0.6 is 0 Å². The maximum atomic E-state index is 13.2. The standard InChI is InChI=1S/C23H29NO4/c1-6-11-28-18-10-8-7-9-15(18)20-19(22(26)27-5)14(2)24-16-12-23(3,4)13-17(25)21(16)20/h7-10,20-21H,6,11-13H2,1-5H3/t20-,21?/m1/s1. The third kappa shape index (κ3) is 3.75. The molecule has 5 nitrogen and oxygen atoms in total. The SMILES string of the molecule is CCCOc1ccccc1[C@@H]1C(C(=O)OC)=C(C)N=C2CC(C)(C)CC(=O)C21. The van der Waals surface area contributed by atoms with Crippen LogP contribution in [0.5, 0.6) is 5.75 Å². The Kier molecular flexibility index (Phi) is 5.73. The summed E-state index contributed by atoms with van der Waals surface area (Å²) < 4.78 is 11.0. The maximum Gasteiger partial charge on any atom is 0.336 e. The predicted molar refractivity (Wildman–Crippen MR) is 109 cm³/mol. The number of aliphatic imine (C=N–C) groups is 1. The minimum absolute atomic E-state index is 0.124. The second kappa shape index (κ2) is 7.90. The zero-order valence-corrected chi connectivity index (χ0v) is 17.4. The lowest BCUT2D eigenvalue weighted by Crippen LogP contribution is -2.44. The van der Waals surface area contributed by atoms with Gasteiger partial charge in [0.05, 0.1) is 25.2 Å². The summed E-state index contributed by atoms with van der Waals surface area (Å²) in [5, 5.41) is 0. The molecule has 0 bridgehead atoms. The summed E-state index contributed by atoms with van der Waals surface area (Å²) in [6.45, 7) is 8.62. The average Bonchev–Trinajstić information content (AvgIpc) is 2.64. The second-order valence-electron chi connectivity index (χ2n) is 8.42. The number of hydrogen-bond donors (Lipinski definition) is 0. The van der Waals surface area contributed by atoms with E-state index in [1.165, 1.54) is 7.11 Å². The molecule has 1 unspecified atom stereocenters. The first-order chi connectivity index (χ1) is 13.3. The van der Waals surface area contributed by atoms with Gasteiger partial charge in [-0.05, 0) is 31.2 Å². The number of ketones is 1. The number of Topliss-reactive ketones (excluding diaryl/α,β-unsaturated/α-hetero) is 1. The molecule has 1 aliphatic carbocycles. The smallest absolute Gasteiger partial charge is 0.336 e. The van der Waals surface area contributed by atoms with E-state index >= 15 is 0 Å². The highest BCUT2D eigenvalue weighted by Gasteiger charge is 2.48. The fraction of sp³-hybridized carbons (Fsp3) is 0.522. The number of nitrogens with zero attached hydrogens (tertiary/aromatic N) is 1. The molecule has 0 saturated heterocycles. The molecule has 0 aromatic heterocycles. The van der Waals surface area contributed by atoms with Crippen molar-refractivity contribution in [3.63, 3.8) is 0 Å². The molecule has 1 saturated carbocycles. The monoisotopic (exact) mass is 383 g/mol. The maximum absolute atomic E-state index is 13.2. The third-order valence-electron chi connectivity index (χ3n) is 5.48. The van der Waals surface area contributed by atoms with Crippen molar-refractivity contribution in [1.82, 2.24) is 0 Å². The lowest BCUT2D eigenvalue weighted by Gasteiger charge is -2.41. The highest BCUT2D eigenvalue weighted by molar-refractivity contribution is 6.12. The summed E-state index contributed by atoms with van der Waals surface area (Å²) in [5.41, 5.74) is 2.66. The van der Waals surface area contributed by atoms with Gasteiger partial charge in [0.15, 0.2) is 0 Å². The van der Waals surface area contributed by atoms with Crippen molar-refractivity contribution in [2.45, 2.75) is 52.9 Å². The van der Waals surface area contributed by atoms with Crippen LogP contribution in [0.15, 0.2) is 40.5 Å². The van der Waals surface area contributed by atoms with E-state index in [1.54, 1.807) is 0 Å². The number of hydrogen-bond acceptors (Lipinski definition) is 5. The van der Waals surface area contributed by atoms with Crippen molar-refractivity contribution >= 4 is 17.5 Å². The van der Waals surface area contributed by atoms with Gasteiger partial charge >= 0.3 is 5.97 Å². The van der Waals surface area contributed by atoms with Gasteiger partial charge in [-0.25, -0.2) is 4.79 Å². The highest BCUT2D eigenvalue weighted by Crippen LogP contribution is 2.48. The number of rotatable bonds is 5. The van der Waals surface area contributed by atoms with Gasteiger partial charge in [-0.15, -0.1) is 0 Å². The number of carbonyl (C=O) groups is 2. The van der Waals surface area contributed by atoms with Gasteiger partial charge in [0.1, 0.15) is 11.5 Å². The van der Waals surface area contributed by atoms with E-state index in [9.17, 15) is 9.59 Å². The first-order valence-electron chi connectivity index (χ1n) is 9.90. The number of esters is 1.